The number of fused-ring (bicyclic) bond motifs is 6. The molecule has 1 aliphatic rings. The van der Waals surface area contributed by atoms with Crippen molar-refractivity contribution < 1.29 is 0 Å². The minimum atomic E-state index is 1.08. The molecule has 1 aromatic heterocycles. The zero-order valence-corrected chi connectivity index (χ0v) is 34.6. The molecule has 1 aliphatic heterocycles. The fraction of sp³-hybridized carbons (Fsp3) is 0. The van der Waals surface area contributed by atoms with Gasteiger partial charge in [0.05, 0.1) is 16.1 Å². The molecule has 0 aliphatic carbocycles. The fourth-order valence-corrected chi connectivity index (χ4v) is 10.5. The summed E-state index contributed by atoms with van der Waals surface area (Å²) in [4.78, 5) is 7.32. The van der Waals surface area contributed by atoms with Crippen molar-refractivity contribution in [2.24, 2.45) is 0 Å². The van der Waals surface area contributed by atoms with Crippen LogP contribution in [0.1, 0.15) is 0 Å². The van der Waals surface area contributed by atoms with Crippen LogP contribution >= 0.6 is 11.8 Å². The van der Waals surface area contributed by atoms with Crippen molar-refractivity contribution in [1.29, 1.82) is 0 Å². The lowest BCUT2D eigenvalue weighted by Crippen LogP contribution is -2.19. The van der Waals surface area contributed by atoms with Crippen LogP contribution < -0.4 is 9.80 Å². The molecule has 2 heterocycles. The lowest BCUT2D eigenvalue weighted by Gasteiger charge is -2.34. The standard InChI is InChI=1S/C58H39N3S/c1-3-19-44(20-4-1)60-54-28-12-11-25-53(54)57-58(60)61(45-21-5-2-6-22-45)55-39-48(37-38-56(55)62-57)59(46-33-29-42(30-34-46)51-26-13-17-40-15-7-9-23-49(40)51)47-35-31-43(32-36-47)52-27-14-18-41-16-8-10-24-50(41)52/h1-39H. The highest BCUT2D eigenvalue weighted by atomic mass is 32.2. The molecular weight excluding hydrogens is 771 g/mol. The summed E-state index contributed by atoms with van der Waals surface area (Å²) < 4.78 is 2.43. The van der Waals surface area contributed by atoms with Crippen LogP contribution in [0, 0.1) is 0 Å². The molecule has 0 fully saturated rings. The second-order valence-electron chi connectivity index (χ2n) is 15.7. The molecule has 0 saturated carbocycles. The van der Waals surface area contributed by atoms with Gasteiger partial charge < -0.3 is 4.90 Å². The molecule has 11 aromatic rings. The molecule has 292 valence electrons. The first kappa shape index (κ1) is 36.1. The van der Waals surface area contributed by atoms with Gasteiger partial charge in [0.25, 0.3) is 0 Å². The Hall–Kier alpha value is -7.79. The SMILES string of the molecule is c1ccc(N2c3cc(N(c4ccc(-c5cccc6ccccc56)cc4)c4ccc(-c5cccc6ccccc56)cc4)ccc3Sc3c2n(-c2ccccc2)c2ccccc32)cc1. The Morgan fingerprint density at radius 1 is 0.371 bits per heavy atom. The van der Waals surface area contributed by atoms with Gasteiger partial charge in [-0.2, -0.15) is 0 Å². The van der Waals surface area contributed by atoms with Gasteiger partial charge in [0.15, 0.2) is 0 Å². The predicted molar refractivity (Wildman–Crippen MR) is 263 cm³/mol. The maximum Gasteiger partial charge on any atom is 0.137 e. The fourth-order valence-electron chi connectivity index (χ4n) is 9.29. The Morgan fingerprint density at radius 3 is 1.45 bits per heavy atom. The summed E-state index contributed by atoms with van der Waals surface area (Å²) in [6.45, 7) is 0. The van der Waals surface area contributed by atoms with Gasteiger partial charge in [-0.25, -0.2) is 0 Å². The number of hydrogen-bond donors (Lipinski definition) is 0. The van der Waals surface area contributed by atoms with Gasteiger partial charge in [0.2, 0.25) is 0 Å². The number of hydrogen-bond acceptors (Lipinski definition) is 3. The second kappa shape index (κ2) is 15.0. The monoisotopic (exact) mass is 809 g/mol. The van der Waals surface area contributed by atoms with E-state index in [1.165, 1.54) is 64.5 Å². The van der Waals surface area contributed by atoms with Crippen molar-refractivity contribution in [2.75, 3.05) is 9.80 Å². The van der Waals surface area contributed by atoms with Gasteiger partial charge in [-0.05, 0) is 117 Å². The summed E-state index contributed by atoms with van der Waals surface area (Å²) in [5.41, 5.74) is 12.6. The molecule has 3 nitrogen and oxygen atoms in total. The van der Waals surface area contributed by atoms with E-state index in [-0.39, 0.29) is 0 Å². The molecule has 0 radical (unpaired) electrons. The molecule has 0 N–H and O–H groups in total. The number of rotatable bonds is 7. The molecule has 10 aromatic carbocycles. The van der Waals surface area contributed by atoms with Crippen LogP contribution in [0.4, 0.5) is 34.3 Å². The summed E-state index contributed by atoms with van der Waals surface area (Å²) in [5.74, 6) is 1.14. The maximum absolute atomic E-state index is 2.46. The van der Waals surface area contributed by atoms with Crippen LogP contribution in [0.5, 0.6) is 0 Å². The number of aromatic nitrogens is 1. The van der Waals surface area contributed by atoms with Crippen molar-refractivity contribution >= 4 is 78.5 Å². The van der Waals surface area contributed by atoms with Crippen LogP contribution in [0.2, 0.25) is 0 Å². The first-order valence-corrected chi connectivity index (χ1v) is 21.9. The number of para-hydroxylation sites is 3. The minimum Gasteiger partial charge on any atom is -0.310 e. The van der Waals surface area contributed by atoms with Crippen LogP contribution in [-0.4, -0.2) is 4.57 Å². The van der Waals surface area contributed by atoms with Gasteiger partial charge in [-0.15, -0.1) is 0 Å². The largest absolute Gasteiger partial charge is 0.310 e. The highest BCUT2D eigenvalue weighted by Crippen LogP contribution is 2.57. The Bertz CT molecular complexity index is 3300. The summed E-state index contributed by atoms with van der Waals surface area (Å²) in [6.07, 6.45) is 0. The van der Waals surface area contributed by atoms with Crippen molar-refractivity contribution in [1.82, 2.24) is 4.57 Å². The summed E-state index contributed by atoms with van der Waals surface area (Å²) >= 11 is 1.86. The highest BCUT2D eigenvalue weighted by molar-refractivity contribution is 8.00. The van der Waals surface area contributed by atoms with Crippen molar-refractivity contribution in [3.05, 3.63) is 237 Å². The first-order chi connectivity index (χ1) is 30.8. The van der Waals surface area contributed by atoms with E-state index in [1.54, 1.807) is 0 Å². The number of anilines is 6. The molecule has 12 rings (SSSR count). The van der Waals surface area contributed by atoms with E-state index in [9.17, 15) is 0 Å². The van der Waals surface area contributed by atoms with Gasteiger partial charge in [-0.1, -0.05) is 176 Å². The highest BCUT2D eigenvalue weighted by Gasteiger charge is 2.32. The molecule has 62 heavy (non-hydrogen) atoms. The van der Waals surface area contributed by atoms with Gasteiger partial charge in [-0.3, -0.25) is 9.47 Å². The first-order valence-electron chi connectivity index (χ1n) is 21.1. The van der Waals surface area contributed by atoms with E-state index >= 15 is 0 Å². The third-order valence-electron chi connectivity index (χ3n) is 12.2. The topological polar surface area (TPSA) is 11.4 Å². The lowest BCUT2D eigenvalue weighted by molar-refractivity contribution is 1.03. The van der Waals surface area contributed by atoms with E-state index in [4.69, 9.17) is 0 Å². The van der Waals surface area contributed by atoms with Crippen LogP contribution in [0.3, 0.4) is 0 Å². The van der Waals surface area contributed by atoms with E-state index in [0.29, 0.717) is 0 Å². The van der Waals surface area contributed by atoms with Gasteiger partial charge in [0.1, 0.15) is 5.82 Å². The number of benzene rings is 10. The summed E-state index contributed by atoms with van der Waals surface area (Å²) in [7, 11) is 0. The molecule has 4 heteroatoms. The van der Waals surface area contributed by atoms with Gasteiger partial charge >= 0.3 is 0 Å². The maximum atomic E-state index is 2.46. The van der Waals surface area contributed by atoms with Crippen LogP contribution in [0.25, 0.3) is 60.4 Å². The predicted octanol–water partition coefficient (Wildman–Crippen LogP) is 16.7. The molecule has 0 spiro atoms. The molecule has 0 bridgehead atoms. The van der Waals surface area contributed by atoms with Crippen LogP contribution in [-0.2, 0) is 0 Å². The van der Waals surface area contributed by atoms with E-state index < -0.39 is 0 Å². The third-order valence-corrected chi connectivity index (χ3v) is 13.3. The second-order valence-corrected chi connectivity index (χ2v) is 16.8. The van der Waals surface area contributed by atoms with E-state index in [2.05, 4.69) is 251 Å². The van der Waals surface area contributed by atoms with Crippen LogP contribution in [0.15, 0.2) is 246 Å². The normalized spacial score (nSPS) is 12.1. The van der Waals surface area contributed by atoms with E-state index in [1.807, 2.05) is 11.8 Å². The van der Waals surface area contributed by atoms with Crippen molar-refractivity contribution in [2.45, 2.75) is 9.79 Å². The van der Waals surface area contributed by atoms with E-state index in [0.717, 1.165) is 39.9 Å². The zero-order chi connectivity index (χ0) is 41.0. The number of nitrogens with zero attached hydrogens (tertiary/aromatic N) is 3. The Labute approximate surface area is 365 Å². The molecule has 0 amide bonds. The summed E-state index contributed by atoms with van der Waals surface area (Å²) in [6, 6.07) is 85.9. The lowest BCUT2D eigenvalue weighted by atomic mass is 9.97. The average Bonchev–Trinajstić information content (AvgIpc) is 3.67. The third kappa shape index (κ3) is 6.07. The quantitative estimate of drug-likeness (QED) is 0.159. The van der Waals surface area contributed by atoms with Gasteiger partial charge in [0, 0.05) is 38.7 Å². The average molecular weight is 810 g/mol. The minimum absolute atomic E-state index is 1.08. The molecule has 0 atom stereocenters. The smallest absolute Gasteiger partial charge is 0.137 e. The summed E-state index contributed by atoms with van der Waals surface area (Å²) in [5, 5.41) is 6.23. The molecular formula is C58H39N3S. The van der Waals surface area contributed by atoms with Crippen molar-refractivity contribution in [3.63, 3.8) is 0 Å². The molecule has 0 saturated heterocycles. The zero-order valence-electron chi connectivity index (χ0n) is 33.8. The Kier molecular flexibility index (Phi) is 8.75. The molecule has 0 unspecified atom stereocenters. The Balaban J connectivity index is 1.04. The Morgan fingerprint density at radius 2 is 0.855 bits per heavy atom. The van der Waals surface area contributed by atoms with Crippen molar-refractivity contribution in [3.8, 4) is 27.9 Å².